The Labute approximate surface area is 180 Å². The number of hydrogen-bond acceptors (Lipinski definition) is 5. The molecule has 2 rings (SSSR count). The summed E-state index contributed by atoms with van der Waals surface area (Å²) < 4.78 is 5.31. The maximum absolute atomic E-state index is 12.0. The molecule has 1 heterocycles. The second-order valence-corrected chi connectivity index (χ2v) is 7.05. The van der Waals surface area contributed by atoms with Crippen molar-refractivity contribution in [3.05, 3.63) is 59.1 Å². The van der Waals surface area contributed by atoms with Crippen LogP contribution in [0.25, 0.3) is 6.08 Å². The van der Waals surface area contributed by atoms with Crippen molar-refractivity contribution >= 4 is 46.8 Å². The van der Waals surface area contributed by atoms with Crippen molar-refractivity contribution in [2.75, 3.05) is 5.32 Å². The SMILES string of the molecule is Cc1ccc(NC(=O)CCC(=O)NNC(=S)NC(=O)/C=C/c2ccc(C)o2)c(C)c1. The van der Waals surface area contributed by atoms with Crippen molar-refractivity contribution in [1.82, 2.24) is 16.2 Å². The third-order valence-corrected chi connectivity index (χ3v) is 4.15. The van der Waals surface area contributed by atoms with E-state index in [1.807, 2.05) is 32.0 Å². The molecule has 1 aromatic heterocycles. The standard InChI is InChI=1S/C21H24N4O4S/c1-13-4-8-17(14(2)12-13)22-18(26)10-11-20(28)24-25-21(30)23-19(27)9-7-16-6-5-15(3)29-16/h4-9,12H,10-11H2,1-3H3,(H,22,26)(H,24,28)(H2,23,25,27,30)/b9-7+. The Morgan fingerprint density at radius 3 is 2.40 bits per heavy atom. The van der Waals surface area contributed by atoms with E-state index in [4.69, 9.17) is 16.6 Å². The van der Waals surface area contributed by atoms with E-state index >= 15 is 0 Å². The lowest BCUT2D eigenvalue weighted by Crippen LogP contribution is -2.48. The molecule has 0 fully saturated rings. The van der Waals surface area contributed by atoms with Gasteiger partial charge in [0, 0.05) is 24.6 Å². The molecular weight excluding hydrogens is 404 g/mol. The van der Waals surface area contributed by atoms with Crippen molar-refractivity contribution in [2.24, 2.45) is 0 Å². The number of furan rings is 1. The van der Waals surface area contributed by atoms with Gasteiger partial charge in [0.05, 0.1) is 0 Å². The molecule has 158 valence electrons. The first-order valence-corrected chi connectivity index (χ1v) is 9.65. The molecule has 3 amide bonds. The van der Waals surface area contributed by atoms with Crippen LogP contribution >= 0.6 is 12.2 Å². The van der Waals surface area contributed by atoms with Gasteiger partial charge >= 0.3 is 0 Å². The van der Waals surface area contributed by atoms with Crippen molar-refractivity contribution in [3.63, 3.8) is 0 Å². The first kappa shape index (κ1) is 22.8. The summed E-state index contributed by atoms with van der Waals surface area (Å²) in [7, 11) is 0. The summed E-state index contributed by atoms with van der Waals surface area (Å²) in [6.45, 7) is 5.67. The maximum atomic E-state index is 12.0. The maximum Gasteiger partial charge on any atom is 0.250 e. The Morgan fingerprint density at radius 1 is 1.00 bits per heavy atom. The molecule has 8 nitrogen and oxygen atoms in total. The topological polar surface area (TPSA) is 112 Å². The molecule has 0 aliphatic rings. The molecule has 0 saturated carbocycles. The summed E-state index contributed by atoms with van der Waals surface area (Å²) in [6.07, 6.45) is 2.71. The van der Waals surface area contributed by atoms with E-state index in [1.54, 1.807) is 19.1 Å². The average Bonchev–Trinajstić information content (AvgIpc) is 3.10. The van der Waals surface area contributed by atoms with Crippen LogP contribution in [0.2, 0.25) is 0 Å². The van der Waals surface area contributed by atoms with Crippen molar-refractivity contribution in [1.29, 1.82) is 0 Å². The molecule has 0 aliphatic heterocycles. The summed E-state index contributed by atoms with van der Waals surface area (Å²) in [5, 5.41) is 5.08. The fraction of sp³-hybridized carbons (Fsp3) is 0.238. The minimum absolute atomic E-state index is 0.00521. The van der Waals surface area contributed by atoms with E-state index in [9.17, 15) is 14.4 Å². The minimum Gasteiger partial charge on any atom is -0.462 e. The smallest absolute Gasteiger partial charge is 0.250 e. The summed E-state index contributed by atoms with van der Waals surface area (Å²) in [6, 6.07) is 9.20. The molecule has 30 heavy (non-hydrogen) atoms. The highest BCUT2D eigenvalue weighted by molar-refractivity contribution is 7.80. The second kappa shape index (κ2) is 10.9. The van der Waals surface area contributed by atoms with E-state index in [0.717, 1.165) is 16.9 Å². The van der Waals surface area contributed by atoms with Crippen LogP contribution in [0.1, 0.15) is 35.5 Å². The van der Waals surface area contributed by atoms with Crippen LogP contribution in [-0.4, -0.2) is 22.8 Å². The van der Waals surface area contributed by atoms with Gasteiger partial charge in [0.25, 0.3) is 0 Å². The Hall–Kier alpha value is -3.46. The van der Waals surface area contributed by atoms with Crippen LogP contribution in [0.4, 0.5) is 5.69 Å². The molecule has 0 saturated heterocycles. The van der Waals surface area contributed by atoms with E-state index in [0.29, 0.717) is 11.4 Å². The van der Waals surface area contributed by atoms with Crippen LogP contribution < -0.4 is 21.5 Å². The first-order valence-electron chi connectivity index (χ1n) is 9.24. The molecular formula is C21H24N4O4S. The molecule has 0 unspecified atom stereocenters. The number of aryl methyl sites for hydroxylation is 3. The molecule has 0 atom stereocenters. The predicted octanol–water partition coefficient (Wildman–Crippen LogP) is 2.66. The molecule has 1 aromatic carbocycles. The largest absolute Gasteiger partial charge is 0.462 e. The molecule has 0 spiro atoms. The van der Waals surface area contributed by atoms with Crippen LogP contribution in [0.15, 0.2) is 40.8 Å². The molecule has 0 radical (unpaired) electrons. The van der Waals surface area contributed by atoms with E-state index in [1.165, 1.54) is 12.2 Å². The number of nitrogens with one attached hydrogen (secondary N) is 4. The second-order valence-electron chi connectivity index (χ2n) is 6.64. The number of hydrogen-bond donors (Lipinski definition) is 4. The zero-order chi connectivity index (χ0) is 22.1. The monoisotopic (exact) mass is 428 g/mol. The van der Waals surface area contributed by atoms with Gasteiger partial charge in [0.15, 0.2) is 5.11 Å². The number of rotatable bonds is 6. The lowest BCUT2D eigenvalue weighted by Gasteiger charge is -2.11. The Morgan fingerprint density at radius 2 is 1.73 bits per heavy atom. The zero-order valence-electron chi connectivity index (χ0n) is 17.0. The third kappa shape index (κ3) is 7.88. The number of anilines is 1. The third-order valence-electron chi connectivity index (χ3n) is 3.95. The number of benzene rings is 1. The molecule has 4 N–H and O–H groups in total. The molecule has 9 heteroatoms. The number of hydrazine groups is 1. The summed E-state index contributed by atoms with van der Waals surface area (Å²) in [4.78, 5) is 35.7. The van der Waals surface area contributed by atoms with Crippen LogP contribution in [0.3, 0.4) is 0 Å². The Balaban J connectivity index is 1.67. The fourth-order valence-electron chi connectivity index (χ4n) is 2.47. The van der Waals surface area contributed by atoms with Gasteiger partial charge in [-0.05, 0) is 62.8 Å². The summed E-state index contributed by atoms with van der Waals surface area (Å²) in [5.74, 6) is 0.0745. The Kier molecular flexibility index (Phi) is 8.30. The van der Waals surface area contributed by atoms with Crippen LogP contribution in [-0.2, 0) is 14.4 Å². The lowest BCUT2D eigenvalue weighted by atomic mass is 10.1. The van der Waals surface area contributed by atoms with Crippen molar-refractivity contribution < 1.29 is 18.8 Å². The van der Waals surface area contributed by atoms with Gasteiger partial charge in [0.2, 0.25) is 17.7 Å². The quantitative estimate of drug-likeness (QED) is 0.320. The average molecular weight is 429 g/mol. The molecule has 0 aliphatic carbocycles. The highest BCUT2D eigenvalue weighted by atomic mass is 32.1. The van der Waals surface area contributed by atoms with E-state index < -0.39 is 11.8 Å². The zero-order valence-corrected chi connectivity index (χ0v) is 17.8. The van der Waals surface area contributed by atoms with E-state index in [-0.39, 0.29) is 23.9 Å². The van der Waals surface area contributed by atoms with Crippen molar-refractivity contribution in [2.45, 2.75) is 33.6 Å². The van der Waals surface area contributed by atoms with Crippen molar-refractivity contribution in [3.8, 4) is 0 Å². The number of carbonyl (C=O) groups is 3. The highest BCUT2D eigenvalue weighted by Gasteiger charge is 2.09. The fourth-order valence-corrected chi connectivity index (χ4v) is 2.62. The number of thiocarbonyl (C=S) groups is 1. The minimum atomic E-state index is -0.483. The van der Waals surface area contributed by atoms with Gasteiger partial charge < -0.3 is 9.73 Å². The van der Waals surface area contributed by atoms with Gasteiger partial charge in [-0.25, -0.2) is 0 Å². The first-order chi connectivity index (χ1) is 14.2. The Bertz CT molecular complexity index is 981. The highest BCUT2D eigenvalue weighted by Crippen LogP contribution is 2.16. The number of amides is 3. The number of carbonyl (C=O) groups excluding carboxylic acids is 3. The normalized spacial score (nSPS) is 10.5. The predicted molar refractivity (Wildman–Crippen MR) is 118 cm³/mol. The van der Waals surface area contributed by atoms with Gasteiger partial charge in [-0.2, -0.15) is 0 Å². The van der Waals surface area contributed by atoms with Gasteiger partial charge in [-0.1, -0.05) is 17.7 Å². The lowest BCUT2D eigenvalue weighted by molar-refractivity contribution is -0.124. The van der Waals surface area contributed by atoms with Gasteiger partial charge in [-0.15, -0.1) is 0 Å². The van der Waals surface area contributed by atoms with Crippen LogP contribution in [0.5, 0.6) is 0 Å². The van der Waals surface area contributed by atoms with E-state index in [2.05, 4.69) is 21.5 Å². The van der Waals surface area contributed by atoms with Crippen LogP contribution in [0, 0.1) is 20.8 Å². The van der Waals surface area contributed by atoms with Gasteiger partial charge in [-0.3, -0.25) is 30.6 Å². The van der Waals surface area contributed by atoms with Gasteiger partial charge in [0.1, 0.15) is 11.5 Å². The summed E-state index contributed by atoms with van der Waals surface area (Å²) >= 11 is 4.94. The molecule has 2 aromatic rings. The summed E-state index contributed by atoms with van der Waals surface area (Å²) in [5.41, 5.74) is 7.52. The molecule has 0 bridgehead atoms.